The highest BCUT2D eigenvalue weighted by molar-refractivity contribution is 14.0. The highest BCUT2D eigenvalue weighted by Gasteiger charge is 2.28. The van der Waals surface area contributed by atoms with E-state index >= 15 is 0 Å². The van der Waals surface area contributed by atoms with Crippen molar-refractivity contribution in [2.24, 2.45) is 4.99 Å². The fraction of sp³-hybridized carbons (Fsp3) is 0.381. The maximum Gasteiger partial charge on any atom is 0.194 e. The molecule has 0 spiro atoms. The molecule has 0 bridgehead atoms. The molecule has 1 N–H and O–H groups in total. The molecule has 0 amide bonds. The highest BCUT2D eigenvalue weighted by atomic mass is 127. The van der Waals surface area contributed by atoms with Crippen LogP contribution in [0.15, 0.2) is 53.5 Å². The van der Waals surface area contributed by atoms with E-state index in [4.69, 9.17) is 9.47 Å². The van der Waals surface area contributed by atoms with Gasteiger partial charge in [0, 0.05) is 20.1 Å². The lowest BCUT2D eigenvalue weighted by atomic mass is 10.1. The van der Waals surface area contributed by atoms with Gasteiger partial charge in [0.1, 0.15) is 17.7 Å². The predicted octanol–water partition coefficient (Wildman–Crippen LogP) is 3.99. The van der Waals surface area contributed by atoms with Crippen molar-refractivity contribution in [1.29, 1.82) is 0 Å². The average Bonchev–Trinajstić information content (AvgIpc) is 2.69. The summed E-state index contributed by atoms with van der Waals surface area (Å²) in [4.78, 5) is 6.61. The number of halogens is 2. The molecule has 2 unspecified atom stereocenters. The second kappa shape index (κ2) is 10.6. The fourth-order valence-electron chi connectivity index (χ4n) is 3.24. The molecule has 0 aromatic heterocycles. The highest BCUT2D eigenvalue weighted by Crippen LogP contribution is 2.25. The lowest BCUT2D eigenvalue weighted by Crippen LogP contribution is -2.50. The number of benzene rings is 2. The Morgan fingerprint density at radius 1 is 1.18 bits per heavy atom. The number of morpholine rings is 1. The number of nitrogens with zero attached hydrogens (tertiary/aromatic N) is 2. The summed E-state index contributed by atoms with van der Waals surface area (Å²) in [7, 11) is 3.44. The van der Waals surface area contributed by atoms with Crippen LogP contribution < -0.4 is 10.1 Å². The van der Waals surface area contributed by atoms with Gasteiger partial charge in [-0.2, -0.15) is 0 Å². The summed E-state index contributed by atoms with van der Waals surface area (Å²) in [5.74, 6) is 1.43. The van der Waals surface area contributed by atoms with Crippen molar-refractivity contribution in [3.05, 3.63) is 65.5 Å². The topological polar surface area (TPSA) is 46.1 Å². The van der Waals surface area contributed by atoms with E-state index in [1.54, 1.807) is 26.3 Å². The average molecular weight is 499 g/mol. The molecule has 2 aromatic rings. The zero-order valence-corrected chi connectivity index (χ0v) is 18.7. The molecule has 0 saturated carbocycles. The molecule has 28 heavy (non-hydrogen) atoms. The van der Waals surface area contributed by atoms with Crippen LogP contribution in [0.3, 0.4) is 0 Å². The summed E-state index contributed by atoms with van der Waals surface area (Å²) < 4.78 is 24.5. The van der Waals surface area contributed by atoms with Gasteiger partial charge in [0.2, 0.25) is 0 Å². The van der Waals surface area contributed by atoms with E-state index in [0.29, 0.717) is 13.1 Å². The molecule has 1 fully saturated rings. The molecule has 2 atom stereocenters. The van der Waals surface area contributed by atoms with Gasteiger partial charge in [-0.25, -0.2) is 4.39 Å². The van der Waals surface area contributed by atoms with Crippen LogP contribution in [0.4, 0.5) is 4.39 Å². The largest absolute Gasteiger partial charge is 0.497 e. The van der Waals surface area contributed by atoms with E-state index in [9.17, 15) is 4.39 Å². The molecule has 7 heteroatoms. The molecule has 1 heterocycles. The Morgan fingerprint density at radius 2 is 1.86 bits per heavy atom. The van der Waals surface area contributed by atoms with Gasteiger partial charge >= 0.3 is 0 Å². The molecule has 0 aliphatic carbocycles. The monoisotopic (exact) mass is 499 g/mol. The Hall–Kier alpha value is -1.87. The number of nitrogens with one attached hydrogen (secondary N) is 1. The fourth-order valence-corrected chi connectivity index (χ4v) is 3.24. The van der Waals surface area contributed by atoms with Crippen LogP contribution >= 0.6 is 24.0 Å². The molecule has 1 aliphatic heterocycles. The van der Waals surface area contributed by atoms with Gasteiger partial charge in [-0.1, -0.05) is 24.3 Å². The summed E-state index contributed by atoms with van der Waals surface area (Å²) in [6, 6.07) is 14.5. The van der Waals surface area contributed by atoms with Gasteiger partial charge < -0.3 is 19.7 Å². The first-order valence-electron chi connectivity index (χ1n) is 9.08. The first-order valence-corrected chi connectivity index (χ1v) is 9.08. The molecule has 3 rings (SSSR count). The van der Waals surface area contributed by atoms with Gasteiger partial charge in [0.05, 0.1) is 19.8 Å². The Balaban J connectivity index is 0.00000280. The summed E-state index contributed by atoms with van der Waals surface area (Å²) in [5.41, 5.74) is 2.12. The van der Waals surface area contributed by atoms with Gasteiger partial charge in [0.25, 0.3) is 0 Å². The van der Waals surface area contributed by atoms with Crippen molar-refractivity contribution >= 4 is 29.9 Å². The minimum atomic E-state index is -0.239. The number of hydrogen-bond acceptors (Lipinski definition) is 3. The summed E-state index contributed by atoms with van der Waals surface area (Å²) in [6.07, 6.45) is -0.0674. The van der Waals surface area contributed by atoms with Gasteiger partial charge in [-0.15, -0.1) is 24.0 Å². The standard InChI is InChI=1S/C21H26FN3O2.HI/c1-15-13-25(14-20(27-15)17-6-8-18(22)9-7-17)21(23-2)24-12-16-4-10-19(26-3)11-5-16;/h4-11,15,20H,12-14H2,1-3H3,(H,23,24);1H. The number of hydrogen-bond donors (Lipinski definition) is 1. The quantitative estimate of drug-likeness (QED) is 0.393. The predicted molar refractivity (Wildman–Crippen MR) is 120 cm³/mol. The van der Waals surface area contributed by atoms with Gasteiger partial charge in [-0.3, -0.25) is 4.99 Å². The Labute approximate surface area is 183 Å². The van der Waals surface area contributed by atoms with Crippen LogP contribution in [-0.2, 0) is 11.3 Å². The number of ether oxygens (including phenoxy) is 2. The van der Waals surface area contributed by atoms with Crippen molar-refractivity contribution in [1.82, 2.24) is 10.2 Å². The van der Waals surface area contributed by atoms with E-state index in [1.807, 2.05) is 31.2 Å². The zero-order chi connectivity index (χ0) is 19.2. The van der Waals surface area contributed by atoms with Crippen LogP contribution in [0.5, 0.6) is 5.75 Å². The minimum absolute atomic E-state index is 0. The number of aliphatic imine (C=N–C) groups is 1. The van der Waals surface area contributed by atoms with Crippen LogP contribution in [0.1, 0.15) is 24.2 Å². The zero-order valence-electron chi connectivity index (χ0n) is 16.4. The van der Waals surface area contributed by atoms with Crippen LogP contribution in [0, 0.1) is 5.82 Å². The van der Waals surface area contributed by atoms with Crippen molar-refractivity contribution in [2.45, 2.75) is 25.7 Å². The molecule has 1 aliphatic rings. The Kier molecular flexibility index (Phi) is 8.50. The van der Waals surface area contributed by atoms with E-state index in [1.165, 1.54) is 12.1 Å². The third-order valence-electron chi connectivity index (χ3n) is 4.62. The lowest BCUT2D eigenvalue weighted by Gasteiger charge is -2.38. The number of methoxy groups -OCH3 is 1. The van der Waals surface area contributed by atoms with Gasteiger partial charge in [0.15, 0.2) is 5.96 Å². The smallest absolute Gasteiger partial charge is 0.194 e. The van der Waals surface area contributed by atoms with E-state index in [0.717, 1.165) is 29.4 Å². The second-order valence-electron chi connectivity index (χ2n) is 6.64. The summed E-state index contributed by atoms with van der Waals surface area (Å²) in [6.45, 7) is 4.13. The third kappa shape index (κ3) is 5.81. The maximum atomic E-state index is 13.2. The summed E-state index contributed by atoms with van der Waals surface area (Å²) in [5, 5.41) is 3.41. The van der Waals surface area contributed by atoms with Crippen LogP contribution in [-0.4, -0.2) is 44.2 Å². The molecular formula is C21H27FIN3O2. The SMILES string of the molecule is CN=C(NCc1ccc(OC)cc1)N1CC(C)OC(c2ccc(F)cc2)C1.I. The normalized spacial score (nSPS) is 19.7. The van der Waals surface area contributed by atoms with Crippen LogP contribution in [0.2, 0.25) is 0 Å². The van der Waals surface area contributed by atoms with Crippen molar-refractivity contribution in [2.75, 3.05) is 27.2 Å². The number of guanidine groups is 1. The third-order valence-corrected chi connectivity index (χ3v) is 4.62. The van der Waals surface area contributed by atoms with Crippen molar-refractivity contribution in [3.8, 4) is 5.75 Å². The Morgan fingerprint density at radius 3 is 2.46 bits per heavy atom. The second-order valence-corrected chi connectivity index (χ2v) is 6.64. The number of rotatable bonds is 4. The molecular weight excluding hydrogens is 472 g/mol. The molecule has 1 saturated heterocycles. The van der Waals surface area contributed by atoms with Crippen LogP contribution in [0.25, 0.3) is 0 Å². The molecule has 152 valence electrons. The molecule has 2 aromatic carbocycles. The minimum Gasteiger partial charge on any atom is -0.497 e. The molecule has 0 radical (unpaired) electrons. The van der Waals surface area contributed by atoms with E-state index < -0.39 is 0 Å². The van der Waals surface area contributed by atoms with E-state index in [-0.39, 0.29) is 42.0 Å². The first kappa shape index (κ1) is 22.4. The summed E-state index contributed by atoms with van der Waals surface area (Å²) >= 11 is 0. The van der Waals surface area contributed by atoms with E-state index in [2.05, 4.69) is 15.2 Å². The van der Waals surface area contributed by atoms with Crippen molar-refractivity contribution < 1.29 is 13.9 Å². The first-order chi connectivity index (χ1) is 13.1. The van der Waals surface area contributed by atoms with Crippen molar-refractivity contribution in [3.63, 3.8) is 0 Å². The van der Waals surface area contributed by atoms with Gasteiger partial charge in [-0.05, 0) is 42.3 Å². The Bertz CT molecular complexity index is 768. The molecule has 5 nitrogen and oxygen atoms in total. The lowest BCUT2D eigenvalue weighted by molar-refractivity contribution is -0.0605. The maximum absolute atomic E-state index is 13.2.